The van der Waals surface area contributed by atoms with Crippen LogP contribution in [0.5, 0.6) is 0 Å². The summed E-state index contributed by atoms with van der Waals surface area (Å²) in [5, 5.41) is 0. The fourth-order valence-corrected chi connectivity index (χ4v) is 3.80. The number of hydrogen-bond donors (Lipinski definition) is 0. The number of alkyl halides is 3. The predicted octanol–water partition coefficient (Wildman–Crippen LogP) is 2.19. The highest BCUT2D eigenvalue weighted by molar-refractivity contribution is 5.49. The monoisotopic (exact) mass is 413 g/mol. The molecule has 0 aromatic carbocycles. The average Bonchev–Trinajstić information content (AvgIpc) is 3.17. The van der Waals surface area contributed by atoms with E-state index in [0.29, 0.717) is 25.6 Å². The van der Waals surface area contributed by atoms with Crippen molar-refractivity contribution in [2.45, 2.75) is 51.1 Å². The third-order valence-electron chi connectivity index (χ3n) is 5.68. The van der Waals surface area contributed by atoms with Crippen LogP contribution in [0.1, 0.15) is 26.2 Å². The van der Waals surface area contributed by atoms with Crippen molar-refractivity contribution < 1.29 is 22.3 Å². The van der Waals surface area contributed by atoms with Crippen LogP contribution in [0.15, 0.2) is 27.7 Å². The number of morpholine rings is 1. The molecule has 8 nitrogen and oxygen atoms in total. The maximum atomic E-state index is 14.1. The number of hydrogen-bond acceptors (Lipinski definition) is 7. The lowest BCUT2D eigenvalue weighted by molar-refractivity contribution is -0.188. The van der Waals surface area contributed by atoms with E-state index >= 15 is 0 Å². The third-order valence-corrected chi connectivity index (χ3v) is 5.68. The molecule has 2 aromatic heterocycles. The van der Waals surface area contributed by atoms with Crippen molar-refractivity contribution in [3.05, 3.63) is 34.8 Å². The van der Waals surface area contributed by atoms with E-state index in [1.54, 1.807) is 0 Å². The minimum absolute atomic E-state index is 0.0320. The smallest absolute Gasteiger partial charge is 0.411 e. The van der Waals surface area contributed by atoms with Gasteiger partial charge in [-0.3, -0.25) is 9.36 Å². The molecule has 2 atom stereocenters. The van der Waals surface area contributed by atoms with Gasteiger partial charge in [-0.2, -0.15) is 18.2 Å². The van der Waals surface area contributed by atoms with E-state index in [9.17, 15) is 18.0 Å². The molecule has 0 aliphatic carbocycles. The van der Waals surface area contributed by atoms with Crippen LogP contribution in [0.25, 0.3) is 0 Å². The Morgan fingerprint density at radius 2 is 2.14 bits per heavy atom. The van der Waals surface area contributed by atoms with Crippen LogP contribution in [-0.4, -0.2) is 52.1 Å². The van der Waals surface area contributed by atoms with Crippen molar-refractivity contribution in [1.29, 1.82) is 0 Å². The van der Waals surface area contributed by atoms with E-state index in [0.717, 1.165) is 11.8 Å². The van der Waals surface area contributed by atoms with Crippen molar-refractivity contribution in [3.8, 4) is 0 Å². The summed E-state index contributed by atoms with van der Waals surface area (Å²) in [6, 6.07) is 1.33. The van der Waals surface area contributed by atoms with E-state index in [1.807, 2.05) is 11.8 Å². The third kappa shape index (κ3) is 3.37. The Morgan fingerprint density at radius 1 is 1.34 bits per heavy atom. The quantitative estimate of drug-likeness (QED) is 0.763. The SMILES string of the molecule is CC1COCCN1c1cc(=O)n2c(n1)N(Cc1ncco1)C(C)(C(F)(F)F)CC2. The van der Waals surface area contributed by atoms with Gasteiger partial charge in [-0.1, -0.05) is 0 Å². The lowest BCUT2D eigenvalue weighted by Crippen LogP contribution is -2.61. The number of ether oxygens (including phenoxy) is 1. The molecule has 2 aromatic rings. The molecule has 4 heterocycles. The highest BCUT2D eigenvalue weighted by atomic mass is 19.4. The summed E-state index contributed by atoms with van der Waals surface area (Å²) >= 11 is 0. The Kier molecular flexibility index (Phi) is 4.80. The molecule has 29 heavy (non-hydrogen) atoms. The minimum Gasteiger partial charge on any atom is -0.447 e. The van der Waals surface area contributed by atoms with Gasteiger partial charge in [0.2, 0.25) is 11.8 Å². The molecule has 1 saturated heterocycles. The van der Waals surface area contributed by atoms with Crippen LogP contribution in [-0.2, 0) is 17.8 Å². The van der Waals surface area contributed by atoms with Crippen molar-refractivity contribution in [2.75, 3.05) is 29.6 Å². The Hall–Kier alpha value is -2.56. The van der Waals surface area contributed by atoms with Gasteiger partial charge < -0.3 is 19.0 Å². The maximum Gasteiger partial charge on any atom is 0.411 e. The van der Waals surface area contributed by atoms with E-state index in [2.05, 4.69) is 9.97 Å². The van der Waals surface area contributed by atoms with Gasteiger partial charge in [-0.25, -0.2) is 4.98 Å². The molecule has 0 bridgehead atoms. The van der Waals surface area contributed by atoms with Gasteiger partial charge in [0.25, 0.3) is 5.56 Å². The molecular weight excluding hydrogens is 391 g/mol. The maximum absolute atomic E-state index is 14.1. The largest absolute Gasteiger partial charge is 0.447 e. The van der Waals surface area contributed by atoms with Gasteiger partial charge in [-0.15, -0.1) is 0 Å². The number of oxazole rings is 1. The molecule has 0 amide bonds. The number of rotatable bonds is 3. The normalized spacial score (nSPS) is 25.2. The van der Waals surface area contributed by atoms with Crippen molar-refractivity contribution in [3.63, 3.8) is 0 Å². The number of fused-ring (bicyclic) bond motifs is 1. The summed E-state index contributed by atoms with van der Waals surface area (Å²) in [7, 11) is 0. The molecule has 1 fully saturated rings. The van der Waals surface area contributed by atoms with Crippen molar-refractivity contribution >= 4 is 11.8 Å². The van der Waals surface area contributed by atoms with E-state index in [4.69, 9.17) is 9.15 Å². The molecule has 0 N–H and O–H groups in total. The Morgan fingerprint density at radius 3 is 2.79 bits per heavy atom. The zero-order chi connectivity index (χ0) is 20.8. The molecule has 11 heteroatoms. The second-order valence-electron chi connectivity index (χ2n) is 7.56. The van der Waals surface area contributed by atoms with Gasteiger partial charge in [-0.05, 0) is 20.3 Å². The molecular formula is C18H22F3N5O3. The summed E-state index contributed by atoms with van der Waals surface area (Å²) in [6.45, 7) is 4.14. The summed E-state index contributed by atoms with van der Waals surface area (Å²) < 4.78 is 54.1. The van der Waals surface area contributed by atoms with Gasteiger partial charge in [0.05, 0.1) is 32.0 Å². The zero-order valence-electron chi connectivity index (χ0n) is 16.1. The zero-order valence-corrected chi connectivity index (χ0v) is 16.1. The van der Waals surface area contributed by atoms with Crippen LogP contribution in [0.3, 0.4) is 0 Å². The van der Waals surface area contributed by atoms with E-state index in [-0.39, 0.29) is 43.0 Å². The molecule has 2 unspecified atom stereocenters. The summed E-state index contributed by atoms with van der Waals surface area (Å²) in [5.41, 5.74) is -2.60. The topological polar surface area (TPSA) is 76.6 Å². The summed E-state index contributed by atoms with van der Waals surface area (Å²) in [6.07, 6.45) is -2.14. The first-order valence-electron chi connectivity index (χ1n) is 9.40. The van der Waals surface area contributed by atoms with Gasteiger partial charge in [0.1, 0.15) is 17.6 Å². The Bertz CT molecular complexity index is 930. The Labute approximate surface area is 164 Å². The second kappa shape index (κ2) is 7.05. The summed E-state index contributed by atoms with van der Waals surface area (Å²) in [4.78, 5) is 24.2. The first-order chi connectivity index (χ1) is 13.7. The highest BCUT2D eigenvalue weighted by Gasteiger charge is 2.57. The number of aromatic nitrogens is 3. The molecule has 158 valence electrons. The van der Waals surface area contributed by atoms with Crippen LogP contribution < -0.4 is 15.4 Å². The summed E-state index contributed by atoms with van der Waals surface area (Å²) in [5.74, 6) is 0.435. The van der Waals surface area contributed by atoms with Crippen LogP contribution in [0.4, 0.5) is 24.9 Å². The van der Waals surface area contributed by atoms with Gasteiger partial charge in [0.15, 0.2) is 0 Å². The van der Waals surface area contributed by atoms with Gasteiger partial charge >= 0.3 is 6.18 Å². The fraction of sp³-hybridized carbons (Fsp3) is 0.611. The van der Waals surface area contributed by atoms with Crippen LogP contribution in [0, 0.1) is 0 Å². The number of halogens is 3. The van der Waals surface area contributed by atoms with E-state index < -0.39 is 11.7 Å². The number of nitrogens with zero attached hydrogens (tertiary/aromatic N) is 5. The second-order valence-corrected chi connectivity index (χ2v) is 7.56. The number of anilines is 2. The van der Waals surface area contributed by atoms with E-state index in [1.165, 1.54) is 23.1 Å². The van der Waals surface area contributed by atoms with Crippen LogP contribution in [0.2, 0.25) is 0 Å². The molecule has 2 aliphatic rings. The standard InChI is InChI=1S/C18H22F3N5O3/c1-12-11-28-8-6-24(12)13-9-15(27)25-5-3-17(2,18(19,20)21)26(16(25)23-13)10-14-22-4-7-29-14/h4,7,9,12H,3,5-6,8,10-11H2,1-2H3. The minimum atomic E-state index is -4.54. The predicted molar refractivity (Wildman–Crippen MR) is 97.9 cm³/mol. The first kappa shape index (κ1) is 19.7. The van der Waals surface area contributed by atoms with Crippen molar-refractivity contribution in [1.82, 2.24) is 14.5 Å². The van der Waals surface area contributed by atoms with Crippen LogP contribution >= 0.6 is 0 Å². The van der Waals surface area contributed by atoms with Crippen molar-refractivity contribution in [2.24, 2.45) is 0 Å². The Balaban J connectivity index is 1.83. The molecule has 0 spiro atoms. The highest BCUT2D eigenvalue weighted by Crippen LogP contribution is 2.43. The average molecular weight is 413 g/mol. The first-order valence-corrected chi connectivity index (χ1v) is 9.40. The molecule has 0 saturated carbocycles. The molecule has 2 aliphatic heterocycles. The van der Waals surface area contributed by atoms with Gasteiger partial charge in [0, 0.05) is 19.2 Å². The fourth-order valence-electron chi connectivity index (χ4n) is 3.80. The lowest BCUT2D eigenvalue weighted by atomic mass is 9.92. The molecule has 0 radical (unpaired) electrons. The molecule has 4 rings (SSSR count). The lowest BCUT2D eigenvalue weighted by Gasteiger charge is -2.46.